The summed E-state index contributed by atoms with van der Waals surface area (Å²) in [6.45, 7) is 4.75. The Bertz CT molecular complexity index is 349. The zero-order valence-electron chi connectivity index (χ0n) is 15.0. The number of guanidine groups is 1. The van der Waals surface area contributed by atoms with Crippen LogP contribution in [0.5, 0.6) is 0 Å². The van der Waals surface area contributed by atoms with E-state index < -0.39 is 12.7 Å². The van der Waals surface area contributed by atoms with Gasteiger partial charge in [0.05, 0.1) is 6.54 Å². The molecule has 4 nitrogen and oxygen atoms in total. The quantitative estimate of drug-likeness (QED) is 0.166. The highest BCUT2D eigenvalue weighted by molar-refractivity contribution is 14.0. The molecular weight excluding hydrogens is 432 g/mol. The van der Waals surface area contributed by atoms with Crippen LogP contribution in [0.2, 0.25) is 0 Å². The van der Waals surface area contributed by atoms with Gasteiger partial charge in [-0.05, 0) is 39.3 Å². The summed E-state index contributed by atoms with van der Waals surface area (Å²) >= 11 is 0. The zero-order chi connectivity index (χ0) is 17.7. The molecule has 144 valence electrons. The van der Waals surface area contributed by atoms with Gasteiger partial charge in [-0.15, -0.1) is 30.6 Å². The molecule has 1 N–H and O–H groups in total. The van der Waals surface area contributed by atoms with Gasteiger partial charge >= 0.3 is 6.18 Å². The summed E-state index contributed by atoms with van der Waals surface area (Å²) < 4.78 is 36.6. The Hall–Kier alpha value is -0.510. The van der Waals surface area contributed by atoms with Gasteiger partial charge in [-0.25, -0.2) is 0 Å². The maximum atomic E-state index is 12.2. The van der Waals surface area contributed by atoms with Crippen LogP contribution < -0.4 is 5.32 Å². The molecule has 0 bridgehead atoms. The molecule has 24 heavy (non-hydrogen) atoms. The Morgan fingerprint density at radius 2 is 1.79 bits per heavy atom. The standard InChI is InChI=1S/C16H31F3N4.HI/c1-5-6-7-8-9-13-23(4)15(20-2)21-11-10-12-22(3)14-16(17,18)19;/h5H,1,6-14H2,2-4H3,(H,20,21);1H. The maximum absolute atomic E-state index is 12.2. The molecule has 0 amide bonds. The molecule has 0 fully saturated rings. The second-order valence-corrected chi connectivity index (χ2v) is 5.74. The Balaban J connectivity index is 0. The lowest BCUT2D eigenvalue weighted by Crippen LogP contribution is -2.40. The fraction of sp³-hybridized carbons (Fsp3) is 0.812. The molecule has 8 heteroatoms. The smallest absolute Gasteiger partial charge is 0.356 e. The second-order valence-electron chi connectivity index (χ2n) is 5.74. The number of alkyl halides is 3. The van der Waals surface area contributed by atoms with Crippen molar-refractivity contribution in [3.8, 4) is 0 Å². The molecule has 0 aliphatic carbocycles. The molecule has 0 atom stereocenters. The largest absolute Gasteiger partial charge is 0.401 e. The van der Waals surface area contributed by atoms with Crippen molar-refractivity contribution in [2.75, 3.05) is 47.3 Å². The summed E-state index contributed by atoms with van der Waals surface area (Å²) in [7, 11) is 5.17. The summed E-state index contributed by atoms with van der Waals surface area (Å²) in [6.07, 6.45) is 2.86. The normalized spacial score (nSPS) is 12.0. The number of rotatable bonds is 11. The van der Waals surface area contributed by atoms with Crippen LogP contribution in [0.15, 0.2) is 17.6 Å². The summed E-state index contributed by atoms with van der Waals surface area (Å²) in [6, 6.07) is 0. The Kier molecular flexibility index (Phi) is 15.9. The number of aliphatic imine (C=N–C) groups is 1. The monoisotopic (exact) mass is 464 g/mol. The van der Waals surface area contributed by atoms with Gasteiger partial charge in [0.1, 0.15) is 0 Å². The molecule has 0 spiro atoms. The van der Waals surface area contributed by atoms with Crippen LogP contribution in [0, 0.1) is 0 Å². The lowest BCUT2D eigenvalue weighted by Gasteiger charge is -2.23. The van der Waals surface area contributed by atoms with Gasteiger partial charge in [-0.1, -0.05) is 12.5 Å². The number of unbranched alkanes of at least 4 members (excludes halogenated alkanes) is 3. The second kappa shape index (κ2) is 14.8. The van der Waals surface area contributed by atoms with Crippen molar-refractivity contribution in [2.24, 2.45) is 4.99 Å². The number of halogens is 4. The third-order valence-corrected chi connectivity index (χ3v) is 3.42. The lowest BCUT2D eigenvalue weighted by atomic mass is 10.2. The van der Waals surface area contributed by atoms with E-state index in [-0.39, 0.29) is 24.0 Å². The predicted octanol–water partition coefficient (Wildman–Crippen LogP) is 3.74. The van der Waals surface area contributed by atoms with E-state index in [9.17, 15) is 13.2 Å². The van der Waals surface area contributed by atoms with Crippen LogP contribution in [0.1, 0.15) is 32.1 Å². The van der Waals surface area contributed by atoms with Gasteiger partial charge < -0.3 is 10.2 Å². The highest BCUT2D eigenvalue weighted by Crippen LogP contribution is 2.15. The van der Waals surface area contributed by atoms with Gasteiger partial charge in [-0.2, -0.15) is 13.2 Å². The van der Waals surface area contributed by atoms with Crippen LogP contribution in [0.4, 0.5) is 13.2 Å². The van der Waals surface area contributed by atoms with Crippen LogP contribution in [-0.2, 0) is 0 Å². The van der Waals surface area contributed by atoms with Crippen LogP contribution in [0.3, 0.4) is 0 Å². The van der Waals surface area contributed by atoms with Crippen molar-refractivity contribution in [2.45, 2.75) is 38.3 Å². The number of nitrogens with zero attached hydrogens (tertiary/aromatic N) is 3. The highest BCUT2D eigenvalue weighted by atomic mass is 127. The van der Waals surface area contributed by atoms with E-state index in [0.717, 1.165) is 38.2 Å². The molecule has 0 saturated heterocycles. The molecule has 0 saturated carbocycles. The highest BCUT2D eigenvalue weighted by Gasteiger charge is 2.28. The van der Waals surface area contributed by atoms with Crippen molar-refractivity contribution in [1.29, 1.82) is 0 Å². The van der Waals surface area contributed by atoms with Crippen LogP contribution in [-0.4, -0.2) is 69.3 Å². The Morgan fingerprint density at radius 3 is 2.33 bits per heavy atom. The predicted molar refractivity (Wildman–Crippen MR) is 106 cm³/mol. The maximum Gasteiger partial charge on any atom is 0.401 e. The number of nitrogens with one attached hydrogen (secondary N) is 1. The first-order valence-electron chi connectivity index (χ1n) is 8.08. The van der Waals surface area contributed by atoms with Gasteiger partial charge in [0.25, 0.3) is 0 Å². The van der Waals surface area contributed by atoms with Crippen molar-refractivity contribution < 1.29 is 13.2 Å². The third kappa shape index (κ3) is 15.0. The number of hydrogen-bond acceptors (Lipinski definition) is 2. The minimum Gasteiger partial charge on any atom is -0.356 e. The lowest BCUT2D eigenvalue weighted by molar-refractivity contribution is -0.143. The first-order chi connectivity index (χ1) is 10.8. The number of allylic oxidation sites excluding steroid dienone is 1. The van der Waals surface area contributed by atoms with E-state index >= 15 is 0 Å². The topological polar surface area (TPSA) is 30.9 Å². The summed E-state index contributed by atoms with van der Waals surface area (Å²) in [5.74, 6) is 0.784. The summed E-state index contributed by atoms with van der Waals surface area (Å²) in [4.78, 5) is 7.54. The van der Waals surface area contributed by atoms with Crippen LogP contribution >= 0.6 is 24.0 Å². The molecule has 0 aliphatic rings. The SMILES string of the molecule is C=CCCCCCN(C)C(=NC)NCCCN(C)CC(F)(F)F.I. The average Bonchev–Trinajstić information content (AvgIpc) is 2.45. The minimum absolute atomic E-state index is 0. The zero-order valence-corrected chi connectivity index (χ0v) is 17.4. The molecule has 0 heterocycles. The molecule has 0 radical (unpaired) electrons. The molecule has 0 rings (SSSR count). The molecule has 0 aromatic rings. The summed E-state index contributed by atoms with van der Waals surface area (Å²) in [5.41, 5.74) is 0. The van der Waals surface area contributed by atoms with E-state index in [1.165, 1.54) is 11.9 Å². The van der Waals surface area contributed by atoms with E-state index in [0.29, 0.717) is 19.5 Å². The van der Waals surface area contributed by atoms with Crippen molar-refractivity contribution in [3.63, 3.8) is 0 Å². The van der Waals surface area contributed by atoms with Crippen molar-refractivity contribution >= 4 is 29.9 Å². The average molecular weight is 464 g/mol. The van der Waals surface area contributed by atoms with E-state index in [1.807, 2.05) is 18.0 Å². The number of hydrogen-bond donors (Lipinski definition) is 1. The molecule has 0 aliphatic heterocycles. The van der Waals surface area contributed by atoms with E-state index in [1.54, 1.807) is 7.05 Å². The molecule has 0 aromatic carbocycles. The van der Waals surface area contributed by atoms with Crippen LogP contribution in [0.25, 0.3) is 0 Å². The van der Waals surface area contributed by atoms with Gasteiger partial charge in [0.2, 0.25) is 0 Å². The van der Waals surface area contributed by atoms with Crippen molar-refractivity contribution in [1.82, 2.24) is 15.1 Å². The van der Waals surface area contributed by atoms with Gasteiger partial charge in [0, 0.05) is 27.2 Å². The first-order valence-corrected chi connectivity index (χ1v) is 8.08. The minimum atomic E-state index is -4.13. The fourth-order valence-electron chi connectivity index (χ4n) is 2.24. The Labute approximate surface area is 161 Å². The fourth-order valence-corrected chi connectivity index (χ4v) is 2.24. The van der Waals surface area contributed by atoms with E-state index in [4.69, 9.17) is 0 Å². The molecular formula is C16H32F3IN4. The molecule has 0 unspecified atom stereocenters. The Morgan fingerprint density at radius 1 is 1.12 bits per heavy atom. The third-order valence-electron chi connectivity index (χ3n) is 3.42. The van der Waals surface area contributed by atoms with Gasteiger partial charge in [0.15, 0.2) is 5.96 Å². The molecule has 0 aromatic heterocycles. The van der Waals surface area contributed by atoms with Crippen molar-refractivity contribution in [3.05, 3.63) is 12.7 Å². The summed E-state index contributed by atoms with van der Waals surface area (Å²) in [5, 5.41) is 3.19. The first kappa shape index (κ1) is 25.7. The van der Waals surface area contributed by atoms with E-state index in [2.05, 4.69) is 16.9 Å². The van der Waals surface area contributed by atoms with Gasteiger partial charge in [-0.3, -0.25) is 9.89 Å².